The van der Waals surface area contributed by atoms with Crippen LogP contribution in [0.4, 0.5) is 0 Å². The maximum atomic E-state index is 9.09. The molecule has 0 bridgehead atoms. The van der Waals surface area contributed by atoms with Gasteiger partial charge in [0.05, 0.1) is 23.1 Å². The van der Waals surface area contributed by atoms with E-state index >= 15 is 0 Å². The zero-order valence-corrected chi connectivity index (χ0v) is 11.1. The Morgan fingerprint density at radius 2 is 2.33 bits per heavy atom. The third kappa shape index (κ3) is 2.20. The fourth-order valence-corrected chi connectivity index (χ4v) is 2.14. The molecule has 2 rings (SSSR count). The number of para-hydroxylation sites is 1. The average molecular weight is 264 g/mol. The lowest BCUT2D eigenvalue weighted by molar-refractivity contribution is 0.187. The topological polar surface area (TPSA) is 50.8 Å². The maximum absolute atomic E-state index is 9.09. The molecule has 0 saturated heterocycles. The predicted octanol–water partition coefficient (Wildman–Crippen LogP) is 2.85. The van der Waals surface area contributed by atoms with Crippen LogP contribution in [0.2, 0.25) is 0 Å². The van der Waals surface area contributed by atoms with Crippen LogP contribution in [-0.2, 0) is 11.3 Å². The summed E-state index contributed by atoms with van der Waals surface area (Å²) in [6, 6.07) is 7.72. The van der Waals surface area contributed by atoms with Crippen molar-refractivity contribution < 1.29 is 4.74 Å². The molecular weight excluding hydrogens is 250 g/mol. The molecule has 0 N–H and O–H groups in total. The third-order valence-corrected chi connectivity index (χ3v) is 3.00. The molecule has 0 spiro atoms. The molecule has 0 radical (unpaired) electrons. The quantitative estimate of drug-likeness (QED) is 0.797. The van der Waals surface area contributed by atoms with E-state index in [1.165, 1.54) is 0 Å². The van der Waals surface area contributed by atoms with Crippen LogP contribution >= 0.6 is 11.6 Å². The summed E-state index contributed by atoms with van der Waals surface area (Å²) >= 11 is 6.15. The summed E-state index contributed by atoms with van der Waals surface area (Å²) in [4.78, 5) is 4.49. The van der Waals surface area contributed by atoms with E-state index in [0.717, 1.165) is 11.3 Å². The number of imidazole rings is 1. The van der Waals surface area contributed by atoms with Crippen LogP contribution in [0.15, 0.2) is 18.2 Å². The van der Waals surface area contributed by atoms with Crippen LogP contribution in [0.1, 0.15) is 23.7 Å². The van der Waals surface area contributed by atoms with Gasteiger partial charge in [-0.3, -0.25) is 0 Å². The van der Waals surface area contributed by atoms with Crippen LogP contribution in [0, 0.1) is 11.3 Å². The van der Waals surface area contributed by atoms with Gasteiger partial charge < -0.3 is 9.30 Å². The highest BCUT2D eigenvalue weighted by atomic mass is 35.5. The van der Waals surface area contributed by atoms with Crippen LogP contribution < -0.4 is 0 Å². The Kier molecular flexibility index (Phi) is 3.85. The SMILES string of the molecule is COCCn1c(C(C)Cl)nc2c(C#N)cccc21. The van der Waals surface area contributed by atoms with Gasteiger partial charge in [0.15, 0.2) is 0 Å². The molecule has 4 nitrogen and oxygen atoms in total. The van der Waals surface area contributed by atoms with Crippen LogP contribution in [-0.4, -0.2) is 23.3 Å². The second kappa shape index (κ2) is 5.38. The van der Waals surface area contributed by atoms with Gasteiger partial charge in [-0.1, -0.05) is 6.07 Å². The summed E-state index contributed by atoms with van der Waals surface area (Å²) in [6.45, 7) is 3.13. The Morgan fingerprint density at radius 1 is 1.56 bits per heavy atom. The third-order valence-electron chi connectivity index (χ3n) is 2.80. The van der Waals surface area contributed by atoms with Crippen molar-refractivity contribution in [3.63, 3.8) is 0 Å². The summed E-state index contributed by atoms with van der Waals surface area (Å²) in [5.41, 5.74) is 2.20. The Hall–Kier alpha value is -1.57. The standard InChI is InChI=1S/C13H14ClN3O/c1-9(14)13-16-12-10(8-15)4-3-5-11(12)17(13)6-7-18-2/h3-5,9H,6-7H2,1-2H3. The highest BCUT2D eigenvalue weighted by Gasteiger charge is 2.16. The number of nitriles is 1. The highest BCUT2D eigenvalue weighted by molar-refractivity contribution is 6.20. The van der Waals surface area contributed by atoms with Crippen molar-refractivity contribution in [1.82, 2.24) is 9.55 Å². The smallest absolute Gasteiger partial charge is 0.127 e. The second-order valence-electron chi connectivity index (χ2n) is 4.02. The lowest BCUT2D eigenvalue weighted by Gasteiger charge is -2.09. The Balaban J connectivity index is 2.64. The number of methoxy groups -OCH3 is 1. The number of aromatic nitrogens is 2. The van der Waals surface area contributed by atoms with Crippen LogP contribution in [0.3, 0.4) is 0 Å². The van der Waals surface area contributed by atoms with Crippen LogP contribution in [0.25, 0.3) is 11.0 Å². The van der Waals surface area contributed by atoms with E-state index in [9.17, 15) is 0 Å². The Morgan fingerprint density at radius 3 is 2.94 bits per heavy atom. The molecule has 18 heavy (non-hydrogen) atoms. The van der Waals surface area contributed by atoms with E-state index in [4.69, 9.17) is 21.6 Å². The van der Waals surface area contributed by atoms with E-state index in [2.05, 4.69) is 11.1 Å². The van der Waals surface area contributed by atoms with Gasteiger partial charge in [-0.2, -0.15) is 5.26 Å². The van der Waals surface area contributed by atoms with Crippen molar-refractivity contribution >= 4 is 22.6 Å². The second-order valence-corrected chi connectivity index (χ2v) is 4.67. The van der Waals surface area contributed by atoms with Gasteiger partial charge >= 0.3 is 0 Å². The maximum Gasteiger partial charge on any atom is 0.127 e. The molecule has 1 atom stereocenters. The fraction of sp³-hybridized carbons (Fsp3) is 0.385. The molecule has 2 aromatic rings. The lowest BCUT2D eigenvalue weighted by atomic mass is 10.2. The summed E-state index contributed by atoms with van der Waals surface area (Å²) in [7, 11) is 1.66. The van der Waals surface area contributed by atoms with Gasteiger partial charge in [0, 0.05) is 13.7 Å². The number of benzene rings is 1. The number of rotatable bonds is 4. The largest absolute Gasteiger partial charge is 0.383 e. The number of halogens is 1. The van der Waals surface area contributed by atoms with Crippen LogP contribution in [0.5, 0.6) is 0 Å². The van der Waals surface area contributed by atoms with Gasteiger partial charge in [0.1, 0.15) is 17.4 Å². The Labute approximate surface area is 111 Å². The number of nitrogens with zero attached hydrogens (tertiary/aromatic N) is 3. The summed E-state index contributed by atoms with van der Waals surface area (Å²) < 4.78 is 7.11. The van der Waals surface area contributed by atoms with Gasteiger partial charge in [-0.25, -0.2) is 4.98 Å². The molecule has 0 aliphatic rings. The van der Waals surface area contributed by atoms with E-state index < -0.39 is 0 Å². The summed E-state index contributed by atoms with van der Waals surface area (Å²) in [5.74, 6) is 0.770. The van der Waals surface area contributed by atoms with Gasteiger partial charge in [0.2, 0.25) is 0 Å². The van der Waals surface area contributed by atoms with Crippen molar-refractivity contribution in [2.45, 2.75) is 18.8 Å². The van der Waals surface area contributed by atoms with E-state index in [1.54, 1.807) is 13.2 Å². The molecule has 1 aromatic heterocycles. The Bertz CT molecular complexity index is 598. The molecule has 0 aliphatic carbocycles. The molecule has 5 heteroatoms. The molecular formula is C13H14ClN3O. The van der Waals surface area contributed by atoms with E-state index in [0.29, 0.717) is 24.2 Å². The first-order chi connectivity index (χ1) is 8.69. The van der Waals surface area contributed by atoms with Crippen molar-refractivity contribution in [3.8, 4) is 6.07 Å². The molecule has 0 saturated carbocycles. The number of fused-ring (bicyclic) bond motifs is 1. The van der Waals surface area contributed by atoms with Gasteiger partial charge in [-0.15, -0.1) is 11.6 Å². The minimum atomic E-state index is -0.208. The van der Waals surface area contributed by atoms with Gasteiger partial charge in [0.25, 0.3) is 0 Å². The minimum Gasteiger partial charge on any atom is -0.383 e. The molecule has 1 heterocycles. The number of alkyl halides is 1. The molecule has 94 valence electrons. The lowest BCUT2D eigenvalue weighted by Crippen LogP contribution is -2.08. The zero-order valence-electron chi connectivity index (χ0n) is 10.4. The summed E-state index contributed by atoms with van der Waals surface area (Å²) in [6.07, 6.45) is 0. The fourth-order valence-electron chi connectivity index (χ4n) is 1.98. The van der Waals surface area contributed by atoms with Crippen molar-refractivity contribution in [2.24, 2.45) is 0 Å². The molecule has 1 aromatic carbocycles. The zero-order chi connectivity index (χ0) is 13.1. The first-order valence-electron chi connectivity index (χ1n) is 5.71. The number of hydrogen-bond acceptors (Lipinski definition) is 3. The van der Waals surface area contributed by atoms with Gasteiger partial charge in [-0.05, 0) is 19.1 Å². The normalized spacial score (nSPS) is 12.6. The van der Waals surface area contributed by atoms with Crippen molar-refractivity contribution in [1.29, 1.82) is 5.26 Å². The van der Waals surface area contributed by atoms with Crippen molar-refractivity contribution in [3.05, 3.63) is 29.6 Å². The van der Waals surface area contributed by atoms with E-state index in [-0.39, 0.29) is 5.38 Å². The highest BCUT2D eigenvalue weighted by Crippen LogP contribution is 2.26. The first-order valence-corrected chi connectivity index (χ1v) is 6.15. The molecule has 1 unspecified atom stereocenters. The predicted molar refractivity (Wildman–Crippen MR) is 70.6 cm³/mol. The minimum absolute atomic E-state index is 0.208. The molecule has 0 aliphatic heterocycles. The first kappa shape index (κ1) is 12.9. The van der Waals surface area contributed by atoms with Crippen molar-refractivity contribution in [2.75, 3.05) is 13.7 Å². The number of hydrogen-bond donors (Lipinski definition) is 0. The monoisotopic (exact) mass is 263 g/mol. The van der Waals surface area contributed by atoms with E-state index in [1.807, 2.05) is 23.6 Å². The number of ether oxygens (including phenoxy) is 1. The summed E-state index contributed by atoms with van der Waals surface area (Å²) in [5, 5.41) is 8.89. The average Bonchev–Trinajstić information content (AvgIpc) is 2.75. The molecule has 0 amide bonds. The molecule has 0 fully saturated rings.